The fourth-order valence-corrected chi connectivity index (χ4v) is 3.39. The zero-order valence-corrected chi connectivity index (χ0v) is 14.1. The summed E-state index contributed by atoms with van der Waals surface area (Å²) in [6.45, 7) is 3.90. The number of hydrogen-bond acceptors (Lipinski definition) is 2. The molecule has 1 aliphatic rings. The zero-order valence-electron chi connectivity index (χ0n) is 12.6. The highest BCUT2D eigenvalue weighted by molar-refractivity contribution is 6.35. The van der Waals surface area contributed by atoms with Crippen molar-refractivity contribution in [2.24, 2.45) is 5.92 Å². The Hall–Kier alpha value is -1.26. The highest BCUT2D eigenvalue weighted by Crippen LogP contribution is 2.32. The number of carbonyl (C=O) groups excluding carboxylic acids is 1. The molecule has 0 bridgehead atoms. The molecule has 1 aliphatic heterocycles. The normalized spacial score (nSPS) is 22.6. The lowest BCUT2D eigenvalue weighted by atomic mass is 9.95. The first kappa shape index (κ1) is 17.1. The minimum atomic E-state index is -1.10. The van der Waals surface area contributed by atoms with Crippen molar-refractivity contribution in [3.63, 3.8) is 0 Å². The van der Waals surface area contributed by atoms with Gasteiger partial charge >= 0.3 is 5.97 Å². The molecular formula is C16H19Cl2NO3. The van der Waals surface area contributed by atoms with Crippen LogP contribution in [-0.4, -0.2) is 34.0 Å². The Kier molecular flexibility index (Phi) is 5.03. The number of carbonyl (C=O) groups is 2. The Labute approximate surface area is 140 Å². The number of hydrogen-bond donors (Lipinski definition) is 1. The lowest BCUT2D eigenvalue weighted by Crippen LogP contribution is -2.52. The molecule has 1 aromatic carbocycles. The number of carboxylic acid groups (broad SMARTS) is 1. The van der Waals surface area contributed by atoms with E-state index in [1.807, 2.05) is 0 Å². The second-order valence-electron chi connectivity index (χ2n) is 6.01. The van der Waals surface area contributed by atoms with Gasteiger partial charge in [0.15, 0.2) is 0 Å². The summed E-state index contributed by atoms with van der Waals surface area (Å²) < 4.78 is 0. The topological polar surface area (TPSA) is 57.6 Å². The number of nitrogens with zero attached hydrogens (tertiary/aromatic N) is 1. The van der Waals surface area contributed by atoms with E-state index in [9.17, 15) is 14.7 Å². The van der Waals surface area contributed by atoms with Crippen LogP contribution in [0.25, 0.3) is 0 Å². The van der Waals surface area contributed by atoms with Gasteiger partial charge in [-0.2, -0.15) is 0 Å². The lowest BCUT2D eigenvalue weighted by molar-refractivity contribution is -0.156. The Bertz CT molecular complexity index is 605. The monoisotopic (exact) mass is 343 g/mol. The maximum absolute atomic E-state index is 12.6. The fraction of sp³-hybridized carbons (Fsp3) is 0.500. The van der Waals surface area contributed by atoms with Crippen molar-refractivity contribution in [1.29, 1.82) is 0 Å². The molecule has 6 heteroatoms. The highest BCUT2D eigenvalue weighted by atomic mass is 35.5. The van der Waals surface area contributed by atoms with E-state index in [2.05, 4.69) is 0 Å². The van der Waals surface area contributed by atoms with E-state index < -0.39 is 11.5 Å². The number of amides is 1. The van der Waals surface area contributed by atoms with Gasteiger partial charge in [-0.1, -0.05) is 36.2 Å². The molecule has 2 atom stereocenters. The Morgan fingerprint density at radius 1 is 1.41 bits per heavy atom. The van der Waals surface area contributed by atoms with E-state index >= 15 is 0 Å². The first-order valence-corrected chi connectivity index (χ1v) is 8.00. The number of benzene rings is 1. The van der Waals surface area contributed by atoms with Crippen molar-refractivity contribution < 1.29 is 14.7 Å². The van der Waals surface area contributed by atoms with Crippen molar-refractivity contribution in [2.75, 3.05) is 6.54 Å². The lowest BCUT2D eigenvalue weighted by Gasteiger charge is -2.33. The number of aliphatic carboxylic acids is 1. The Morgan fingerprint density at radius 2 is 2.09 bits per heavy atom. The van der Waals surface area contributed by atoms with E-state index in [1.54, 1.807) is 32.0 Å². The molecule has 0 spiro atoms. The van der Waals surface area contributed by atoms with Gasteiger partial charge in [-0.05, 0) is 43.9 Å². The van der Waals surface area contributed by atoms with Gasteiger partial charge in [-0.25, -0.2) is 4.79 Å². The molecule has 22 heavy (non-hydrogen) atoms. The summed E-state index contributed by atoms with van der Waals surface area (Å²) in [6, 6.07) is 5.18. The summed E-state index contributed by atoms with van der Waals surface area (Å²) in [5.41, 5.74) is -0.266. The predicted octanol–water partition coefficient (Wildman–Crippen LogP) is 3.64. The third-order valence-electron chi connectivity index (χ3n) is 4.33. The average molecular weight is 344 g/mol. The third-order valence-corrected chi connectivity index (χ3v) is 4.92. The SMILES string of the molecule is CC(Cc1ccc(Cl)cc1Cl)C(=O)N1CCCC1(C)C(=O)O. The van der Waals surface area contributed by atoms with Gasteiger partial charge in [-0.15, -0.1) is 0 Å². The van der Waals surface area contributed by atoms with E-state index in [-0.39, 0.29) is 11.8 Å². The maximum Gasteiger partial charge on any atom is 0.329 e. The van der Waals surface area contributed by atoms with Crippen molar-refractivity contribution >= 4 is 35.1 Å². The third kappa shape index (κ3) is 3.23. The van der Waals surface area contributed by atoms with Gasteiger partial charge in [0.25, 0.3) is 0 Å². The summed E-state index contributed by atoms with van der Waals surface area (Å²) in [5, 5.41) is 10.5. The van der Waals surface area contributed by atoms with Crippen LogP contribution in [0.3, 0.4) is 0 Å². The van der Waals surface area contributed by atoms with E-state index in [1.165, 1.54) is 4.90 Å². The quantitative estimate of drug-likeness (QED) is 0.907. The van der Waals surface area contributed by atoms with Crippen molar-refractivity contribution in [1.82, 2.24) is 4.90 Å². The van der Waals surface area contributed by atoms with Crippen LogP contribution in [0.5, 0.6) is 0 Å². The van der Waals surface area contributed by atoms with Crippen molar-refractivity contribution in [3.05, 3.63) is 33.8 Å². The minimum absolute atomic E-state index is 0.145. The second-order valence-corrected chi connectivity index (χ2v) is 6.86. The maximum atomic E-state index is 12.6. The minimum Gasteiger partial charge on any atom is -0.480 e. The van der Waals surface area contributed by atoms with Gasteiger partial charge < -0.3 is 10.0 Å². The van der Waals surface area contributed by atoms with Crippen LogP contribution in [-0.2, 0) is 16.0 Å². The van der Waals surface area contributed by atoms with E-state index in [4.69, 9.17) is 23.2 Å². The molecule has 1 amide bonds. The van der Waals surface area contributed by atoms with Crippen LogP contribution >= 0.6 is 23.2 Å². The van der Waals surface area contributed by atoms with Crippen LogP contribution in [0.4, 0.5) is 0 Å². The molecule has 0 aliphatic carbocycles. The standard InChI is InChI=1S/C16H19Cl2NO3/c1-10(8-11-4-5-12(17)9-13(11)18)14(20)19-7-3-6-16(19,2)15(21)22/h4-5,9-10H,3,6-8H2,1-2H3,(H,21,22). The summed E-state index contributed by atoms with van der Waals surface area (Å²) in [5.74, 6) is -1.43. The molecule has 120 valence electrons. The molecular weight excluding hydrogens is 325 g/mol. The number of halogens is 2. The summed E-state index contributed by atoms with van der Waals surface area (Å²) in [4.78, 5) is 25.6. The second kappa shape index (κ2) is 6.47. The molecule has 1 fully saturated rings. The Morgan fingerprint density at radius 3 is 2.68 bits per heavy atom. The number of rotatable bonds is 4. The number of likely N-dealkylation sites (tertiary alicyclic amines) is 1. The van der Waals surface area contributed by atoms with Crippen LogP contribution in [0.15, 0.2) is 18.2 Å². The molecule has 0 saturated carbocycles. The molecule has 1 heterocycles. The fourth-order valence-electron chi connectivity index (χ4n) is 2.91. The molecule has 1 saturated heterocycles. The van der Waals surface area contributed by atoms with E-state index in [0.29, 0.717) is 35.9 Å². The first-order valence-electron chi connectivity index (χ1n) is 7.24. The van der Waals surface area contributed by atoms with Gasteiger partial charge in [0.05, 0.1) is 0 Å². The van der Waals surface area contributed by atoms with Crippen LogP contribution in [0, 0.1) is 5.92 Å². The predicted molar refractivity (Wildman–Crippen MR) is 86.3 cm³/mol. The van der Waals surface area contributed by atoms with Crippen LogP contribution < -0.4 is 0 Å². The molecule has 1 aromatic rings. The smallest absolute Gasteiger partial charge is 0.329 e. The average Bonchev–Trinajstić information content (AvgIpc) is 2.84. The largest absolute Gasteiger partial charge is 0.480 e. The van der Waals surface area contributed by atoms with Gasteiger partial charge in [-0.3, -0.25) is 4.79 Å². The molecule has 0 radical (unpaired) electrons. The van der Waals surface area contributed by atoms with Crippen LogP contribution in [0.1, 0.15) is 32.3 Å². The van der Waals surface area contributed by atoms with Gasteiger partial charge in [0.1, 0.15) is 5.54 Å². The van der Waals surface area contributed by atoms with Crippen LogP contribution in [0.2, 0.25) is 10.0 Å². The summed E-state index contributed by atoms with van der Waals surface area (Å²) in [6.07, 6.45) is 1.66. The summed E-state index contributed by atoms with van der Waals surface area (Å²) in [7, 11) is 0. The Balaban J connectivity index is 2.14. The van der Waals surface area contributed by atoms with Gasteiger partial charge in [0, 0.05) is 22.5 Å². The number of carboxylic acids is 1. The van der Waals surface area contributed by atoms with Crippen molar-refractivity contribution in [3.8, 4) is 0 Å². The molecule has 2 unspecified atom stereocenters. The zero-order chi connectivity index (χ0) is 16.5. The highest BCUT2D eigenvalue weighted by Gasteiger charge is 2.46. The summed E-state index contributed by atoms with van der Waals surface area (Å²) >= 11 is 12.0. The van der Waals surface area contributed by atoms with Gasteiger partial charge in [0.2, 0.25) is 5.91 Å². The molecule has 1 N–H and O–H groups in total. The van der Waals surface area contributed by atoms with Crippen molar-refractivity contribution in [2.45, 2.75) is 38.6 Å². The van der Waals surface area contributed by atoms with E-state index in [0.717, 1.165) is 5.56 Å². The molecule has 0 aromatic heterocycles. The molecule has 4 nitrogen and oxygen atoms in total. The first-order chi connectivity index (χ1) is 10.3. The molecule has 2 rings (SSSR count).